The molecular formula is C11H13F2N3O2. The van der Waals surface area contributed by atoms with Crippen LogP contribution in [-0.2, 0) is 11.2 Å². The van der Waals surface area contributed by atoms with E-state index in [0.717, 1.165) is 12.1 Å². The first-order valence-electron chi connectivity index (χ1n) is 5.20. The minimum Gasteiger partial charge on any atom is -0.409 e. The SMILES string of the molecule is NC(CCNC(=O)Cc1ccc(F)c(F)c1)=NO. The van der Waals surface area contributed by atoms with Crippen LogP contribution in [0.15, 0.2) is 23.4 Å². The van der Waals surface area contributed by atoms with Crippen molar-refractivity contribution in [2.45, 2.75) is 12.8 Å². The minimum absolute atomic E-state index is 0.00290. The third-order valence-electron chi connectivity index (χ3n) is 2.18. The highest BCUT2D eigenvalue weighted by Crippen LogP contribution is 2.09. The lowest BCUT2D eigenvalue weighted by molar-refractivity contribution is -0.120. The zero-order valence-corrected chi connectivity index (χ0v) is 9.49. The van der Waals surface area contributed by atoms with Crippen molar-refractivity contribution < 1.29 is 18.8 Å². The van der Waals surface area contributed by atoms with E-state index >= 15 is 0 Å². The lowest BCUT2D eigenvalue weighted by atomic mass is 10.1. The number of nitrogens with two attached hydrogens (primary N) is 1. The van der Waals surface area contributed by atoms with Crippen molar-refractivity contribution in [3.63, 3.8) is 0 Å². The van der Waals surface area contributed by atoms with Gasteiger partial charge in [-0.3, -0.25) is 4.79 Å². The number of carbonyl (C=O) groups is 1. The molecule has 1 aromatic rings. The predicted octanol–water partition coefficient (Wildman–Crippen LogP) is 0.760. The molecule has 0 aliphatic carbocycles. The van der Waals surface area contributed by atoms with Gasteiger partial charge >= 0.3 is 0 Å². The Morgan fingerprint density at radius 1 is 1.39 bits per heavy atom. The number of amides is 1. The Hall–Kier alpha value is -2.18. The van der Waals surface area contributed by atoms with Crippen LogP contribution in [-0.4, -0.2) is 23.5 Å². The maximum absolute atomic E-state index is 12.9. The van der Waals surface area contributed by atoms with Crippen molar-refractivity contribution >= 4 is 11.7 Å². The van der Waals surface area contributed by atoms with Gasteiger partial charge in [-0.25, -0.2) is 8.78 Å². The molecular weight excluding hydrogens is 244 g/mol. The first kappa shape index (κ1) is 13.9. The molecule has 0 unspecified atom stereocenters. The highest BCUT2D eigenvalue weighted by Gasteiger charge is 2.07. The van der Waals surface area contributed by atoms with Gasteiger partial charge in [-0.2, -0.15) is 0 Å². The Kier molecular flexibility index (Phi) is 5.04. The fourth-order valence-electron chi connectivity index (χ4n) is 1.28. The number of halogens is 2. The quantitative estimate of drug-likeness (QED) is 0.315. The van der Waals surface area contributed by atoms with Crippen molar-refractivity contribution in [2.75, 3.05) is 6.54 Å². The molecule has 0 atom stereocenters. The standard InChI is InChI=1S/C11H13F2N3O2/c12-8-2-1-7(5-9(8)13)6-11(17)15-4-3-10(14)16-18/h1-2,5,18H,3-4,6H2,(H2,14,16)(H,15,17). The van der Waals surface area contributed by atoms with Gasteiger partial charge in [-0.1, -0.05) is 11.2 Å². The van der Waals surface area contributed by atoms with Crippen LogP contribution in [0.2, 0.25) is 0 Å². The van der Waals surface area contributed by atoms with E-state index < -0.39 is 11.6 Å². The molecule has 0 bridgehead atoms. The number of nitrogens with one attached hydrogen (secondary N) is 1. The van der Waals surface area contributed by atoms with E-state index in [-0.39, 0.29) is 31.1 Å². The maximum Gasteiger partial charge on any atom is 0.224 e. The van der Waals surface area contributed by atoms with Gasteiger partial charge in [0.1, 0.15) is 5.84 Å². The summed E-state index contributed by atoms with van der Waals surface area (Å²) in [4.78, 5) is 11.4. The molecule has 18 heavy (non-hydrogen) atoms. The Bertz CT molecular complexity index is 464. The van der Waals surface area contributed by atoms with Gasteiger partial charge in [-0.15, -0.1) is 0 Å². The zero-order chi connectivity index (χ0) is 13.5. The summed E-state index contributed by atoms with van der Waals surface area (Å²) < 4.78 is 25.5. The Labute approximate surface area is 102 Å². The summed E-state index contributed by atoms with van der Waals surface area (Å²) in [6.07, 6.45) is 0.146. The van der Waals surface area contributed by atoms with Gasteiger partial charge < -0.3 is 16.3 Å². The van der Waals surface area contributed by atoms with Crippen LogP contribution in [0.5, 0.6) is 0 Å². The van der Waals surface area contributed by atoms with Crippen molar-refractivity contribution in [2.24, 2.45) is 10.9 Å². The van der Waals surface area contributed by atoms with E-state index in [2.05, 4.69) is 10.5 Å². The van der Waals surface area contributed by atoms with Gasteiger partial charge in [0.2, 0.25) is 5.91 Å². The average Bonchev–Trinajstić information content (AvgIpc) is 2.33. The number of oxime groups is 1. The summed E-state index contributed by atoms with van der Waals surface area (Å²) >= 11 is 0. The maximum atomic E-state index is 12.9. The average molecular weight is 257 g/mol. The molecule has 0 spiro atoms. The Morgan fingerprint density at radius 3 is 2.72 bits per heavy atom. The van der Waals surface area contributed by atoms with Gasteiger partial charge in [0.05, 0.1) is 6.42 Å². The first-order valence-corrected chi connectivity index (χ1v) is 5.20. The number of amidine groups is 1. The summed E-state index contributed by atoms with van der Waals surface area (Å²) in [5, 5.41) is 13.5. The molecule has 1 aromatic carbocycles. The van der Waals surface area contributed by atoms with Gasteiger partial charge in [-0.05, 0) is 17.7 Å². The van der Waals surface area contributed by atoms with Crippen LogP contribution in [0.1, 0.15) is 12.0 Å². The predicted molar refractivity (Wildman–Crippen MR) is 61.1 cm³/mol. The second-order valence-electron chi connectivity index (χ2n) is 3.62. The smallest absolute Gasteiger partial charge is 0.224 e. The monoisotopic (exact) mass is 257 g/mol. The van der Waals surface area contributed by atoms with Gasteiger partial charge in [0.15, 0.2) is 11.6 Å². The van der Waals surface area contributed by atoms with Crippen LogP contribution >= 0.6 is 0 Å². The summed E-state index contributed by atoms with van der Waals surface area (Å²) in [5.74, 6) is -2.29. The molecule has 0 saturated heterocycles. The summed E-state index contributed by atoms with van der Waals surface area (Å²) in [6, 6.07) is 3.27. The molecule has 7 heteroatoms. The highest BCUT2D eigenvalue weighted by atomic mass is 19.2. The van der Waals surface area contributed by atoms with Crippen molar-refractivity contribution in [1.82, 2.24) is 5.32 Å². The number of nitrogens with zero attached hydrogens (tertiary/aromatic N) is 1. The van der Waals surface area contributed by atoms with E-state index in [4.69, 9.17) is 10.9 Å². The molecule has 0 aromatic heterocycles. The first-order chi connectivity index (χ1) is 8.52. The minimum atomic E-state index is -0.989. The van der Waals surface area contributed by atoms with Gasteiger partial charge in [0, 0.05) is 13.0 Å². The molecule has 5 nitrogen and oxygen atoms in total. The molecule has 0 aliphatic rings. The van der Waals surface area contributed by atoms with Crippen molar-refractivity contribution in [1.29, 1.82) is 0 Å². The summed E-state index contributed by atoms with van der Waals surface area (Å²) in [6.45, 7) is 0.207. The molecule has 98 valence electrons. The largest absolute Gasteiger partial charge is 0.409 e. The molecule has 0 fully saturated rings. The topological polar surface area (TPSA) is 87.7 Å². The van der Waals surface area contributed by atoms with Crippen molar-refractivity contribution in [3.05, 3.63) is 35.4 Å². The molecule has 1 amide bonds. The van der Waals surface area contributed by atoms with Crippen molar-refractivity contribution in [3.8, 4) is 0 Å². The Morgan fingerprint density at radius 2 is 2.11 bits per heavy atom. The van der Waals surface area contributed by atoms with E-state index in [1.807, 2.05) is 0 Å². The molecule has 0 aliphatic heterocycles. The second-order valence-corrected chi connectivity index (χ2v) is 3.62. The summed E-state index contributed by atoms with van der Waals surface area (Å²) in [5.41, 5.74) is 5.58. The Balaban J connectivity index is 2.42. The van der Waals surface area contributed by atoms with E-state index in [1.165, 1.54) is 6.07 Å². The van der Waals surface area contributed by atoms with Gasteiger partial charge in [0.25, 0.3) is 0 Å². The van der Waals surface area contributed by atoms with Crippen LogP contribution in [0.25, 0.3) is 0 Å². The second kappa shape index (κ2) is 6.53. The molecule has 0 heterocycles. The van der Waals surface area contributed by atoms with E-state index in [0.29, 0.717) is 5.56 Å². The molecule has 4 N–H and O–H groups in total. The van der Waals surface area contributed by atoms with Crippen LogP contribution in [0, 0.1) is 11.6 Å². The van der Waals surface area contributed by atoms with Crippen LogP contribution < -0.4 is 11.1 Å². The fourth-order valence-corrected chi connectivity index (χ4v) is 1.28. The molecule has 0 radical (unpaired) electrons. The van der Waals surface area contributed by atoms with E-state index in [1.54, 1.807) is 0 Å². The lowest BCUT2D eigenvalue weighted by Crippen LogP contribution is -2.29. The van der Waals surface area contributed by atoms with E-state index in [9.17, 15) is 13.6 Å². The normalized spacial score (nSPS) is 11.3. The zero-order valence-electron chi connectivity index (χ0n) is 9.49. The molecule has 0 saturated carbocycles. The summed E-state index contributed by atoms with van der Waals surface area (Å²) in [7, 11) is 0. The number of hydrogen-bond donors (Lipinski definition) is 3. The lowest BCUT2D eigenvalue weighted by Gasteiger charge is -2.05. The number of hydrogen-bond acceptors (Lipinski definition) is 3. The van der Waals surface area contributed by atoms with Crippen LogP contribution in [0.3, 0.4) is 0 Å². The highest BCUT2D eigenvalue weighted by molar-refractivity contribution is 5.82. The third kappa shape index (κ3) is 4.36. The number of carbonyl (C=O) groups excluding carboxylic acids is 1. The third-order valence-corrected chi connectivity index (χ3v) is 2.18. The van der Waals surface area contributed by atoms with Crippen LogP contribution in [0.4, 0.5) is 8.78 Å². The fraction of sp³-hybridized carbons (Fsp3) is 0.273. The molecule has 1 rings (SSSR count). The number of rotatable bonds is 5. The number of benzene rings is 1.